The van der Waals surface area contributed by atoms with Gasteiger partial charge in [0.05, 0.1) is 10.3 Å². The van der Waals surface area contributed by atoms with Gasteiger partial charge in [0, 0.05) is 22.7 Å². The van der Waals surface area contributed by atoms with Crippen LogP contribution in [-0.2, 0) is 0 Å². The van der Waals surface area contributed by atoms with Crippen LogP contribution in [0.5, 0.6) is 0 Å². The van der Waals surface area contributed by atoms with Crippen molar-refractivity contribution < 1.29 is 4.92 Å². The summed E-state index contributed by atoms with van der Waals surface area (Å²) in [6, 6.07) is 6.25. The third-order valence-corrected chi connectivity index (χ3v) is 4.59. The van der Waals surface area contributed by atoms with Crippen LogP contribution in [0, 0.1) is 24.0 Å². The topological polar surface area (TPSA) is 81.0 Å². The van der Waals surface area contributed by atoms with Gasteiger partial charge in [-0.2, -0.15) is 4.98 Å². The van der Waals surface area contributed by atoms with E-state index < -0.39 is 4.92 Å². The second-order valence-corrected chi connectivity index (χ2v) is 6.28. The van der Waals surface area contributed by atoms with E-state index in [9.17, 15) is 10.1 Å². The first-order valence-corrected chi connectivity index (χ1v) is 7.60. The fourth-order valence-corrected chi connectivity index (χ4v) is 3.40. The number of non-ortho nitro benzene ring substituents is 1. The number of anilines is 2. The van der Waals surface area contributed by atoms with Crippen molar-refractivity contribution in [2.24, 2.45) is 0 Å². The number of aryl methyl sites for hydroxylation is 2. The summed E-state index contributed by atoms with van der Waals surface area (Å²) in [5.41, 5.74) is 1.66. The Labute approximate surface area is 134 Å². The van der Waals surface area contributed by atoms with Gasteiger partial charge in [0.15, 0.2) is 0 Å². The van der Waals surface area contributed by atoms with Gasteiger partial charge in [-0.05, 0) is 37.1 Å². The highest BCUT2D eigenvalue weighted by Crippen LogP contribution is 2.35. The molecule has 0 fully saturated rings. The number of aromatic nitrogens is 2. The Balaban J connectivity index is 2.11. The van der Waals surface area contributed by atoms with Crippen LogP contribution in [-0.4, -0.2) is 14.9 Å². The zero-order valence-corrected chi connectivity index (χ0v) is 13.3. The Kier molecular flexibility index (Phi) is 3.67. The number of nitrogens with one attached hydrogen (secondary N) is 1. The zero-order valence-electron chi connectivity index (χ0n) is 11.8. The fourth-order valence-electron chi connectivity index (χ4n) is 2.15. The third kappa shape index (κ3) is 2.60. The molecule has 0 aliphatic carbocycles. The van der Waals surface area contributed by atoms with Crippen LogP contribution in [0.25, 0.3) is 10.2 Å². The maximum Gasteiger partial charge on any atom is 0.271 e. The number of nitro benzene ring substituents is 1. The monoisotopic (exact) mass is 334 g/mol. The highest BCUT2D eigenvalue weighted by molar-refractivity contribution is 7.18. The lowest BCUT2D eigenvalue weighted by Gasteiger charge is -2.08. The van der Waals surface area contributed by atoms with E-state index in [4.69, 9.17) is 11.6 Å². The first-order valence-electron chi connectivity index (χ1n) is 6.40. The Morgan fingerprint density at radius 3 is 2.82 bits per heavy atom. The lowest BCUT2D eigenvalue weighted by atomic mass is 10.2. The number of nitrogens with zero attached hydrogens (tertiary/aromatic N) is 3. The van der Waals surface area contributed by atoms with Crippen molar-refractivity contribution in [3.63, 3.8) is 0 Å². The minimum absolute atomic E-state index is 0.0135. The molecule has 8 heteroatoms. The standard InChI is InChI=1S/C14H11ClN4O2S/c1-7-8(2)22-13-11(7)12(17-14(15)18-13)16-9-4-3-5-10(6-9)19(20)21/h3-6H,1-2H3,(H,16,17,18). The molecule has 0 saturated heterocycles. The van der Waals surface area contributed by atoms with Gasteiger partial charge in [0.25, 0.3) is 5.69 Å². The van der Waals surface area contributed by atoms with E-state index in [0.29, 0.717) is 11.5 Å². The fraction of sp³-hybridized carbons (Fsp3) is 0.143. The molecule has 3 rings (SSSR count). The van der Waals surface area contributed by atoms with Crippen molar-refractivity contribution in [1.29, 1.82) is 0 Å². The van der Waals surface area contributed by atoms with Crippen LogP contribution in [0.4, 0.5) is 17.2 Å². The summed E-state index contributed by atoms with van der Waals surface area (Å²) in [7, 11) is 0. The van der Waals surface area contributed by atoms with Gasteiger partial charge in [-0.3, -0.25) is 10.1 Å². The summed E-state index contributed by atoms with van der Waals surface area (Å²) in [6.07, 6.45) is 0. The number of fused-ring (bicyclic) bond motifs is 1. The largest absolute Gasteiger partial charge is 0.339 e. The Hall–Kier alpha value is -2.25. The maximum atomic E-state index is 10.9. The van der Waals surface area contributed by atoms with E-state index in [2.05, 4.69) is 15.3 Å². The first-order chi connectivity index (χ1) is 10.5. The SMILES string of the molecule is Cc1sc2nc(Cl)nc(Nc3cccc([N+](=O)[O-])c3)c2c1C. The van der Waals surface area contributed by atoms with E-state index in [1.54, 1.807) is 23.5 Å². The first kappa shape index (κ1) is 14.7. The molecule has 22 heavy (non-hydrogen) atoms. The van der Waals surface area contributed by atoms with E-state index in [0.717, 1.165) is 20.7 Å². The molecule has 0 saturated carbocycles. The second kappa shape index (κ2) is 5.51. The molecule has 0 spiro atoms. The molecule has 112 valence electrons. The molecule has 0 aliphatic rings. The molecule has 0 atom stereocenters. The van der Waals surface area contributed by atoms with Gasteiger partial charge in [-0.25, -0.2) is 4.98 Å². The lowest BCUT2D eigenvalue weighted by molar-refractivity contribution is -0.384. The maximum absolute atomic E-state index is 10.9. The van der Waals surface area contributed by atoms with Crippen molar-refractivity contribution in [1.82, 2.24) is 9.97 Å². The minimum atomic E-state index is -0.437. The Morgan fingerprint density at radius 1 is 1.32 bits per heavy atom. The van der Waals surface area contributed by atoms with Crippen molar-refractivity contribution in [2.75, 3.05) is 5.32 Å². The summed E-state index contributed by atoms with van der Waals surface area (Å²) in [5, 5.41) is 15.0. The number of halogens is 1. The predicted octanol–water partition coefficient (Wildman–Crippen LogP) is 4.61. The van der Waals surface area contributed by atoms with Crippen LogP contribution in [0.15, 0.2) is 24.3 Å². The number of benzene rings is 1. The molecule has 1 aromatic carbocycles. The van der Waals surface area contributed by atoms with E-state index >= 15 is 0 Å². The number of thiophene rings is 1. The highest BCUT2D eigenvalue weighted by Gasteiger charge is 2.15. The molecule has 2 heterocycles. The molecule has 6 nitrogen and oxygen atoms in total. The number of hydrogen-bond acceptors (Lipinski definition) is 6. The third-order valence-electron chi connectivity index (χ3n) is 3.32. The summed E-state index contributed by atoms with van der Waals surface area (Å²) in [4.78, 5) is 20.8. The molecule has 2 aromatic heterocycles. The highest BCUT2D eigenvalue weighted by atomic mass is 35.5. The summed E-state index contributed by atoms with van der Waals surface area (Å²) in [5.74, 6) is 0.553. The van der Waals surface area contributed by atoms with E-state index in [-0.39, 0.29) is 11.0 Å². The molecular weight excluding hydrogens is 324 g/mol. The molecule has 0 amide bonds. The number of nitro groups is 1. The van der Waals surface area contributed by atoms with Crippen molar-refractivity contribution in [3.05, 3.63) is 50.1 Å². The van der Waals surface area contributed by atoms with Crippen LogP contribution < -0.4 is 5.32 Å². The Morgan fingerprint density at radius 2 is 2.09 bits per heavy atom. The zero-order chi connectivity index (χ0) is 15.9. The van der Waals surface area contributed by atoms with Crippen LogP contribution in [0.1, 0.15) is 10.4 Å². The smallest absolute Gasteiger partial charge is 0.271 e. The second-order valence-electron chi connectivity index (χ2n) is 4.74. The normalized spacial score (nSPS) is 10.9. The molecule has 0 aliphatic heterocycles. The van der Waals surface area contributed by atoms with Gasteiger partial charge in [-0.1, -0.05) is 6.07 Å². The van der Waals surface area contributed by atoms with E-state index in [1.807, 2.05) is 13.8 Å². The average Bonchev–Trinajstić information content (AvgIpc) is 2.74. The molecule has 0 unspecified atom stereocenters. The van der Waals surface area contributed by atoms with Gasteiger partial charge in [-0.15, -0.1) is 11.3 Å². The van der Waals surface area contributed by atoms with Crippen molar-refractivity contribution >= 4 is 50.3 Å². The van der Waals surface area contributed by atoms with Crippen molar-refractivity contribution in [2.45, 2.75) is 13.8 Å². The number of rotatable bonds is 3. The molecular formula is C14H11ClN4O2S. The van der Waals surface area contributed by atoms with Crippen molar-refractivity contribution in [3.8, 4) is 0 Å². The minimum Gasteiger partial charge on any atom is -0.339 e. The summed E-state index contributed by atoms with van der Waals surface area (Å²) in [6.45, 7) is 4.00. The molecule has 3 aromatic rings. The van der Waals surface area contributed by atoms with Gasteiger partial charge in [0.2, 0.25) is 5.28 Å². The lowest BCUT2D eigenvalue weighted by Crippen LogP contribution is -1.97. The van der Waals surface area contributed by atoms with Gasteiger partial charge < -0.3 is 5.32 Å². The van der Waals surface area contributed by atoms with Crippen LogP contribution in [0.2, 0.25) is 5.28 Å². The Bertz CT molecular complexity index is 894. The summed E-state index contributed by atoms with van der Waals surface area (Å²) < 4.78 is 0. The quantitative estimate of drug-likeness (QED) is 0.429. The predicted molar refractivity (Wildman–Crippen MR) is 88.3 cm³/mol. The molecule has 0 bridgehead atoms. The summed E-state index contributed by atoms with van der Waals surface area (Å²) >= 11 is 7.51. The molecule has 1 N–H and O–H groups in total. The van der Waals surface area contributed by atoms with Gasteiger partial charge in [0.1, 0.15) is 10.6 Å². The average molecular weight is 335 g/mol. The number of hydrogen-bond donors (Lipinski definition) is 1. The molecule has 0 radical (unpaired) electrons. The van der Waals surface area contributed by atoms with E-state index in [1.165, 1.54) is 12.1 Å². The van der Waals surface area contributed by atoms with Crippen LogP contribution >= 0.6 is 22.9 Å². The van der Waals surface area contributed by atoms with Crippen LogP contribution in [0.3, 0.4) is 0 Å². The van der Waals surface area contributed by atoms with Gasteiger partial charge >= 0.3 is 0 Å².